The summed E-state index contributed by atoms with van der Waals surface area (Å²) in [6, 6.07) is 6.03. The lowest BCUT2D eigenvalue weighted by Gasteiger charge is -2.16. The zero-order valence-corrected chi connectivity index (χ0v) is 12.9. The van der Waals surface area contributed by atoms with Gasteiger partial charge in [-0.2, -0.15) is 0 Å². The van der Waals surface area contributed by atoms with Gasteiger partial charge in [-0.25, -0.2) is 8.42 Å². The minimum absolute atomic E-state index is 0.113. The molecule has 1 aliphatic carbocycles. The molecule has 5 nitrogen and oxygen atoms in total. The number of nitrogen functional groups attached to an aromatic ring is 1. The van der Waals surface area contributed by atoms with Gasteiger partial charge in [0.15, 0.2) is 9.84 Å². The molecule has 1 aromatic carbocycles. The van der Waals surface area contributed by atoms with E-state index >= 15 is 0 Å². The molecule has 1 amide bonds. The lowest BCUT2D eigenvalue weighted by Crippen LogP contribution is -2.38. The van der Waals surface area contributed by atoms with Crippen LogP contribution in [0.15, 0.2) is 29.2 Å². The number of hydrogen-bond donors (Lipinski definition) is 2. The van der Waals surface area contributed by atoms with Gasteiger partial charge in [0.05, 0.1) is 4.90 Å². The van der Waals surface area contributed by atoms with Crippen LogP contribution in [0.5, 0.6) is 0 Å². The highest BCUT2D eigenvalue weighted by atomic mass is 32.2. The predicted molar refractivity (Wildman–Crippen MR) is 82.5 cm³/mol. The molecule has 1 fully saturated rings. The summed E-state index contributed by atoms with van der Waals surface area (Å²) in [7, 11) is -3.60. The van der Waals surface area contributed by atoms with Gasteiger partial charge in [-0.1, -0.05) is 25.7 Å². The molecule has 6 heteroatoms. The number of amides is 1. The van der Waals surface area contributed by atoms with E-state index in [4.69, 9.17) is 5.73 Å². The molecule has 116 valence electrons. The lowest BCUT2D eigenvalue weighted by atomic mass is 10.1. The Morgan fingerprint density at radius 3 is 2.24 bits per heavy atom. The summed E-state index contributed by atoms with van der Waals surface area (Å²) >= 11 is 0. The Kier molecular flexibility index (Phi) is 5.22. The molecule has 0 saturated heterocycles. The van der Waals surface area contributed by atoms with Gasteiger partial charge in [-0.05, 0) is 37.1 Å². The van der Waals surface area contributed by atoms with Crippen molar-refractivity contribution in [1.82, 2.24) is 5.32 Å². The second kappa shape index (κ2) is 6.93. The Balaban J connectivity index is 1.96. The summed E-state index contributed by atoms with van der Waals surface area (Å²) in [6.07, 6.45) is 6.44. The monoisotopic (exact) mass is 310 g/mol. The number of hydrogen-bond acceptors (Lipinski definition) is 4. The van der Waals surface area contributed by atoms with Gasteiger partial charge in [0.25, 0.3) is 0 Å². The summed E-state index contributed by atoms with van der Waals surface area (Å²) < 4.78 is 24.3. The Hall–Kier alpha value is -1.56. The smallest absolute Gasteiger partial charge is 0.235 e. The van der Waals surface area contributed by atoms with E-state index in [1.54, 1.807) is 0 Å². The van der Waals surface area contributed by atoms with Crippen molar-refractivity contribution < 1.29 is 13.2 Å². The quantitative estimate of drug-likeness (QED) is 0.656. The van der Waals surface area contributed by atoms with Crippen molar-refractivity contribution >= 4 is 21.4 Å². The van der Waals surface area contributed by atoms with Crippen molar-refractivity contribution in [2.24, 2.45) is 0 Å². The zero-order chi connectivity index (χ0) is 15.3. The standard InChI is InChI=1S/C15H22N2O3S/c16-12-7-9-14(10-8-12)21(19,20)11-15(18)17-13-5-3-1-2-4-6-13/h7-10,13H,1-6,11,16H2,(H,17,18). The van der Waals surface area contributed by atoms with Crippen LogP contribution in [0.25, 0.3) is 0 Å². The van der Waals surface area contributed by atoms with Gasteiger partial charge < -0.3 is 11.1 Å². The number of nitrogens with one attached hydrogen (secondary N) is 1. The molecule has 1 aromatic rings. The average molecular weight is 310 g/mol. The summed E-state index contributed by atoms with van der Waals surface area (Å²) in [5, 5.41) is 2.85. The molecule has 0 bridgehead atoms. The van der Waals surface area contributed by atoms with Crippen LogP contribution >= 0.6 is 0 Å². The number of benzene rings is 1. The van der Waals surface area contributed by atoms with Gasteiger partial charge in [-0.15, -0.1) is 0 Å². The second-order valence-electron chi connectivity index (χ2n) is 5.58. The van der Waals surface area contributed by atoms with Crippen molar-refractivity contribution in [3.8, 4) is 0 Å². The van der Waals surface area contributed by atoms with Gasteiger partial charge in [0, 0.05) is 11.7 Å². The molecule has 1 aliphatic rings. The van der Waals surface area contributed by atoms with Gasteiger partial charge >= 0.3 is 0 Å². The first-order valence-electron chi connectivity index (χ1n) is 7.35. The molecule has 0 spiro atoms. The molecular weight excluding hydrogens is 288 g/mol. The first-order chi connectivity index (χ1) is 9.97. The van der Waals surface area contributed by atoms with E-state index in [1.807, 2.05) is 0 Å². The van der Waals surface area contributed by atoms with E-state index in [2.05, 4.69) is 5.32 Å². The van der Waals surface area contributed by atoms with Gasteiger partial charge in [-0.3, -0.25) is 4.79 Å². The van der Waals surface area contributed by atoms with Crippen LogP contribution < -0.4 is 11.1 Å². The number of rotatable bonds is 4. The highest BCUT2D eigenvalue weighted by molar-refractivity contribution is 7.92. The van der Waals surface area contributed by atoms with Crippen LogP contribution in [0.3, 0.4) is 0 Å². The number of carbonyl (C=O) groups is 1. The summed E-state index contributed by atoms with van der Waals surface area (Å²) in [5.41, 5.74) is 6.03. The molecule has 0 unspecified atom stereocenters. The molecule has 0 aromatic heterocycles. The van der Waals surface area contributed by atoms with Gasteiger partial charge in [0.2, 0.25) is 5.91 Å². The fourth-order valence-electron chi connectivity index (χ4n) is 2.62. The average Bonchev–Trinajstić information content (AvgIpc) is 2.67. The number of nitrogens with two attached hydrogens (primary N) is 1. The third-order valence-corrected chi connectivity index (χ3v) is 5.41. The highest BCUT2D eigenvalue weighted by Gasteiger charge is 2.21. The molecular formula is C15H22N2O3S. The SMILES string of the molecule is Nc1ccc(S(=O)(=O)CC(=O)NC2CCCCCC2)cc1. The number of anilines is 1. The topological polar surface area (TPSA) is 89.3 Å². The van der Waals surface area contributed by atoms with Gasteiger partial charge in [0.1, 0.15) is 5.75 Å². The lowest BCUT2D eigenvalue weighted by molar-refractivity contribution is -0.119. The summed E-state index contributed by atoms with van der Waals surface area (Å²) in [5.74, 6) is -0.924. The van der Waals surface area contributed by atoms with Crippen molar-refractivity contribution in [3.63, 3.8) is 0 Å². The zero-order valence-electron chi connectivity index (χ0n) is 12.0. The highest BCUT2D eigenvalue weighted by Crippen LogP contribution is 2.18. The van der Waals surface area contributed by atoms with Crippen LogP contribution in [0, 0.1) is 0 Å². The summed E-state index contributed by atoms with van der Waals surface area (Å²) in [4.78, 5) is 12.1. The van der Waals surface area contributed by atoms with E-state index in [-0.39, 0.29) is 10.9 Å². The molecule has 2 rings (SSSR count). The molecule has 0 aliphatic heterocycles. The Bertz CT molecular complexity index is 573. The van der Waals surface area contributed by atoms with E-state index < -0.39 is 21.5 Å². The van der Waals surface area contributed by atoms with Crippen LogP contribution in [-0.4, -0.2) is 26.1 Å². The van der Waals surface area contributed by atoms with Crippen LogP contribution in [0.2, 0.25) is 0 Å². The van der Waals surface area contributed by atoms with Crippen molar-refractivity contribution in [1.29, 1.82) is 0 Å². The minimum atomic E-state index is -3.60. The maximum Gasteiger partial charge on any atom is 0.235 e. The van der Waals surface area contributed by atoms with E-state index in [1.165, 1.54) is 37.1 Å². The molecule has 0 atom stereocenters. The summed E-state index contributed by atoms with van der Waals surface area (Å²) in [6.45, 7) is 0. The molecule has 21 heavy (non-hydrogen) atoms. The van der Waals surface area contributed by atoms with E-state index in [0.717, 1.165) is 25.7 Å². The molecule has 3 N–H and O–H groups in total. The van der Waals surface area contributed by atoms with Crippen molar-refractivity contribution in [2.75, 3.05) is 11.5 Å². The largest absolute Gasteiger partial charge is 0.399 e. The third kappa shape index (κ3) is 4.74. The fraction of sp³-hybridized carbons (Fsp3) is 0.533. The van der Waals surface area contributed by atoms with Crippen LogP contribution in [0.4, 0.5) is 5.69 Å². The maximum absolute atomic E-state index is 12.2. The minimum Gasteiger partial charge on any atom is -0.399 e. The number of carbonyl (C=O) groups excluding carboxylic acids is 1. The fourth-order valence-corrected chi connectivity index (χ4v) is 3.77. The first-order valence-corrected chi connectivity index (χ1v) is 9.00. The molecule has 1 saturated carbocycles. The number of sulfone groups is 1. The Morgan fingerprint density at radius 2 is 1.67 bits per heavy atom. The maximum atomic E-state index is 12.2. The second-order valence-corrected chi connectivity index (χ2v) is 7.57. The Labute approximate surface area is 125 Å². The normalized spacial score (nSPS) is 17.1. The van der Waals surface area contributed by atoms with Crippen molar-refractivity contribution in [3.05, 3.63) is 24.3 Å². The van der Waals surface area contributed by atoms with Crippen LogP contribution in [0.1, 0.15) is 38.5 Å². The first kappa shape index (κ1) is 15.8. The Morgan fingerprint density at radius 1 is 1.10 bits per heavy atom. The molecule has 0 radical (unpaired) electrons. The molecule has 0 heterocycles. The van der Waals surface area contributed by atoms with Crippen LogP contribution in [-0.2, 0) is 14.6 Å². The van der Waals surface area contributed by atoms with Crippen molar-refractivity contribution in [2.45, 2.75) is 49.5 Å². The van der Waals surface area contributed by atoms with E-state index in [9.17, 15) is 13.2 Å². The van der Waals surface area contributed by atoms with E-state index in [0.29, 0.717) is 5.69 Å². The predicted octanol–water partition coefficient (Wildman–Crippen LogP) is 1.88. The third-order valence-electron chi connectivity index (χ3n) is 3.78.